The number of hydrogen-bond acceptors (Lipinski definition) is 3. The van der Waals surface area contributed by atoms with E-state index in [2.05, 4.69) is 0 Å². The molecule has 0 heterocycles. The molecule has 80 valence electrons. The van der Waals surface area contributed by atoms with Crippen molar-refractivity contribution in [2.45, 2.75) is 0 Å². The Morgan fingerprint density at radius 3 is 2.53 bits per heavy atom. The molecule has 0 saturated carbocycles. The van der Waals surface area contributed by atoms with Gasteiger partial charge in [0.1, 0.15) is 0 Å². The van der Waals surface area contributed by atoms with Gasteiger partial charge in [0.25, 0.3) is 0 Å². The van der Waals surface area contributed by atoms with Crippen LogP contribution >= 0.6 is 11.6 Å². The minimum Gasteiger partial charge on any atom is -0.293 e. The van der Waals surface area contributed by atoms with Crippen LogP contribution in [0, 0.1) is 21.7 Å². The van der Waals surface area contributed by atoms with Crippen molar-refractivity contribution >= 4 is 23.1 Å². The van der Waals surface area contributed by atoms with Crippen LogP contribution < -0.4 is 0 Å². The maximum Gasteiger partial charge on any atom is 0.340 e. The molecule has 4 nitrogen and oxygen atoms in total. The molecule has 0 aromatic heterocycles. The lowest BCUT2D eigenvalue weighted by Gasteiger charge is -2.00. The lowest BCUT2D eigenvalue weighted by atomic mass is 10.1. The van der Waals surface area contributed by atoms with E-state index in [-0.39, 0.29) is 0 Å². The average molecular weight is 236 g/mol. The van der Waals surface area contributed by atoms with E-state index >= 15 is 0 Å². The molecule has 0 N–H and O–H groups in total. The quantitative estimate of drug-likeness (QED) is 0.350. The molecule has 1 rings (SSSR count). The lowest BCUT2D eigenvalue weighted by Crippen LogP contribution is -2.07. The van der Waals surface area contributed by atoms with Crippen molar-refractivity contribution in [2.24, 2.45) is 0 Å². The summed E-state index contributed by atoms with van der Waals surface area (Å²) in [6.07, 6.45) is 0. The highest BCUT2D eigenvalue weighted by atomic mass is 35.5. The van der Waals surface area contributed by atoms with E-state index in [1.54, 1.807) is 0 Å². The van der Waals surface area contributed by atoms with Gasteiger partial charge in [-0.2, -0.15) is 8.78 Å². The first-order valence-corrected chi connectivity index (χ1v) is 4.24. The molecule has 0 unspecified atom stereocenters. The number of nitro groups is 1. The number of alkyl halides is 1. The van der Waals surface area contributed by atoms with Crippen LogP contribution in [0.25, 0.3) is 0 Å². The van der Waals surface area contributed by atoms with E-state index in [9.17, 15) is 23.7 Å². The molecule has 0 aliphatic carbocycles. The molecule has 0 aliphatic rings. The van der Waals surface area contributed by atoms with Crippen LogP contribution in [-0.4, -0.2) is 16.6 Å². The first kappa shape index (κ1) is 11.5. The summed E-state index contributed by atoms with van der Waals surface area (Å²) < 4.78 is 26.1. The van der Waals surface area contributed by atoms with Gasteiger partial charge in [-0.1, -0.05) is 0 Å². The average Bonchev–Trinajstić information content (AvgIpc) is 2.16. The Hall–Kier alpha value is -1.56. The minimum absolute atomic E-state index is 0.528. The number of halogens is 3. The lowest BCUT2D eigenvalue weighted by molar-refractivity contribution is -0.390. The van der Waals surface area contributed by atoms with E-state index in [1.807, 2.05) is 0 Å². The molecule has 0 atom stereocenters. The van der Waals surface area contributed by atoms with Crippen LogP contribution in [0.15, 0.2) is 12.1 Å². The van der Waals surface area contributed by atoms with Gasteiger partial charge in [-0.05, 0) is 12.1 Å². The van der Waals surface area contributed by atoms with Crippen molar-refractivity contribution in [1.29, 1.82) is 0 Å². The fraction of sp³-hybridized carbons (Fsp3) is 0.125. The van der Waals surface area contributed by atoms with Crippen molar-refractivity contribution < 1.29 is 18.5 Å². The molecular formula is C8H4ClF2NO3. The van der Waals surface area contributed by atoms with Crippen LogP contribution in [0.4, 0.5) is 14.5 Å². The molecule has 15 heavy (non-hydrogen) atoms. The fourth-order valence-corrected chi connectivity index (χ4v) is 1.14. The molecule has 1 aromatic rings. The zero-order valence-electron chi connectivity index (χ0n) is 7.17. The fourth-order valence-electron chi connectivity index (χ4n) is 0.996. The highest BCUT2D eigenvalue weighted by Gasteiger charge is 2.26. The smallest absolute Gasteiger partial charge is 0.293 e. The van der Waals surface area contributed by atoms with Crippen molar-refractivity contribution in [3.05, 3.63) is 39.4 Å². The Morgan fingerprint density at radius 2 is 2.07 bits per heavy atom. The Kier molecular flexibility index (Phi) is 3.31. The van der Waals surface area contributed by atoms with E-state index in [4.69, 9.17) is 11.6 Å². The third-order valence-corrected chi connectivity index (χ3v) is 1.91. The zero-order chi connectivity index (χ0) is 11.6. The second-order valence-corrected chi connectivity index (χ2v) is 2.84. The number of carbonyl (C=O) groups excluding carboxylic acids is 1. The third-order valence-electron chi connectivity index (χ3n) is 1.67. The number of rotatable bonds is 3. The molecule has 0 spiro atoms. The molecule has 0 fully saturated rings. The number of carbonyl (C=O) groups is 1. The van der Waals surface area contributed by atoms with Crippen LogP contribution in [0.2, 0.25) is 0 Å². The predicted octanol–water partition coefficient (Wildman–Crippen LogP) is 2.29. The topological polar surface area (TPSA) is 60.2 Å². The highest BCUT2D eigenvalue weighted by Crippen LogP contribution is 2.24. The molecule has 0 radical (unpaired) electrons. The molecule has 0 saturated heterocycles. The van der Waals surface area contributed by atoms with Gasteiger partial charge < -0.3 is 0 Å². The SMILES string of the molecule is O=C(CCl)c1ccc(F)c([N+](=O)[O-])c1F. The number of hydrogen-bond donors (Lipinski definition) is 0. The third kappa shape index (κ3) is 2.10. The summed E-state index contributed by atoms with van der Waals surface area (Å²) in [6, 6.07) is 1.48. The minimum atomic E-state index is -1.49. The molecule has 7 heteroatoms. The summed E-state index contributed by atoms with van der Waals surface area (Å²) in [5.74, 6) is -4.19. The highest BCUT2D eigenvalue weighted by molar-refractivity contribution is 6.30. The van der Waals surface area contributed by atoms with Gasteiger partial charge in [0.2, 0.25) is 11.6 Å². The largest absolute Gasteiger partial charge is 0.340 e. The summed E-state index contributed by atoms with van der Waals surface area (Å²) in [6.45, 7) is 0. The Morgan fingerprint density at radius 1 is 1.47 bits per heavy atom. The number of benzene rings is 1. The van der Waals surface area contributed by atoms with Crippen LogP contribution in [0.5, 0.6) is 0 Å². The molecule has 1 aromatic carbocycles. The van der Waals surface area contributed by atoms with Crippen LogP contribution in [0.3, 0.4) is 0 Å². The second-order valence-electron chi connectivity index (χ2n) is 2.57. The van der Waals surface area contributed by atoms with E-state index < -0.39 is 39.5 Å². The molecule has 0 amide bonds. The second kappa shape index (κ2) is 4.31. The van der Waals surface area contributed by atoms with Gasteiger partial charge in [-0.15, -0.1) is 11.6 Å². The Labute approximate surface area is 87.6 Å². The first-order chi connectivity index (χ1) is 6.99. The van der Waals surface area contributed by atoms with Gasteiger partial charge in [-0.3, -0.25) is 14.9 Å². The Balaban J connectivity index is 3.41. The van der Waals surface area contributed by atoms with E-state index in [0.29, 0.717) is 6.07 Å². The monoisotopic (exact) mass is 235 g/mol. The van der Waals surface area contributed by atoms with Gasteiger partial charge in [-0.25, -0.2) is 0 Å². The summed E-state index contributed by atoms with van der Waals surface area (Å²) >= 11 is 5.15. The predicted molar refractivity (Wildman–Crippen MR) is 48.1 cm³/mol. The molecule has 0 aliphatic heterocycles. The number of nitro benzene ring substituents is 1. The van der Waals surface area contributed by atoms with Crippen molar-refractivity contribution in [3.8, 4) is 0 Å². The number of nitrogens with zero attached hydrogens (tertiary/aromatic N) is 1. The van der Waals surface area contributed by atoms with Gasteiger partial charge in [0.05, 0.1) is 16.4 Å². The summed E-state index contributed by atoms with van der Waals surface area (Å²) in [4.78, 5) is 20.1. The number of ketones is 1. The first-order valence-electron chi connectivity index (χ1n) is 3.70. The zero-order valence-corrected chi connectivity index (χ0v) is 7.92. The number of Topliss-reactive ketones (excluding diaryl/α,β-unsaturated/α-hetero) is 1. The van der Waals surface area contributed by atoms with E-state index in [0.717, 1.165) is 6.07 Å². The van der Waals surface area contributed by atoms with Crippen molar-refractivity contribution in [3.63, 3.8) is 0 Å². The van der Waals surface area contributed by atoms with Crippen LogP contribution in [0.1, 0.15) is 10.4 Å². The standard InChI is InChI=1S/C8H4ClF2NO3/c9-3-6(13)4-1-2-5(10)8(7(4)11)12(14)15/h1-2H,3H2. The van der Waals surface area contributed by atoms with Crippen molar-refractivity contribution in [1.82, 2.24) is 0 Å². The Bertz CT molecular complexity index is 436. The van der Waals surface area contributed by atoms with Gasteiger partial charge in [0.15, 0.2) is 5.78 Å². The summed E-state index contributed by atoms with van der Waals surface area (Å²) in [5.41, 5.74) is -1.93. The summed E-state index contributed by atoms with van der Waals surface area (Å²) in [7, 11) is 0. The van der Waals surface area contributed by atoms with Crippen LogP contribution in [-0.2, 0) is 0 Å². The maximum atomic E-state index is 13.3. The molecular weight excluding hydrogens is 232 g/mol. The van der Waals surface area contributed by atoms with E-state index in [1.165, 1.54) is 0 Å². The maximum absolute atomic E-state index is 13.3. The summed E-state index contributed by atoms with van der Waals surface area (Å²) in [5, 5.41) is 10.3. The normalized spacial score (nSPS) is 10.1. The van der Waals surface area contributed by atoms with Gasteiger partial charge >= 0.3 is 5.69 Å². The molecule has 0 bridgehead atoms. The van der Waals surface area contributed by atoms with Crippen molar-refractivity contribution in [2.75, 3.05) is 5.88 Å². The van der Waals surface area contributed by atoms with Gasteiger partial charge in [0, 0.05) is 0 Å².